The summed E-state index contributed by atoms with van der Waals surface area (Å²) in [6.07, 6.45) is 1.68. The average Bonchev–Trinajstić information content (AvgIpc) is 2.65. The van der Waals surface area contributed by atoms with Crippen LogP contribution in [0, 0.1) is 0 Å². The van der Waals surface area contributed by atoms with Gasteiger partial charge in [-0.1, -0.05) is 48.1 Å². The van der Waals surface area contributed by atoms with Crippen LogP contribution >= 0.6 is 34.8 Å². The van der Waals surface area contributed by atoms with E-state index in [0.29, 0.717) is 32.9 Å². The Morgan fingerprint density at radius 2 is 1.93 bits per heavy atom. The molecule has 27 heavy (non-hydrogen) atoms. The highest BCUT2D eigenvalue weighted by Crippen LogP contribution is 2.41. The van der Waals surface area contributed by atoms with Crippen molar-refractivity contribution in [2.24, 2.45) is 0 Å². The average molecular weight is 425 g/mol. The molecule has 3 aromatic rings. The quantitative estimate of drug-likeness (QED) is 0.479. The van der Waals surface area contributed by atoms with Gasteiger partial charge in [0, 0.05) is 16.5 Å². The molecule has 1 aliphatic heterocycles. The molecule has 0 amide bonds. The van der Waals surface area contributed by atoms with Crippen LogP contribution in [0.15, 0.2) is 39.5 Å². The summed E-state index contributed by atoms with van der Waals surface area (Å²) in [5, 5.41) is 2.47. The molecule has 2 aromatic carbocycles. The van der Waals surface area contributed by atoms with Crippen LogP contribution in [0.3, 0.4) is 0 Å². The summed E-state index contributed by atoms with van der Waals surface area (Å²) in [5.41, 5.74) is 2.53. The Labute approximate surface area is 171 Å². The zero-order valence-corrected chi connectivity index (χ0v) is 16.8. The number of ether oxygens (including phenoxy) is 1. The predicted molar refractivity (Wildman–Crippen MR) is 110 cm³/mol. The summed E-state index contributed by atoms with van der Waals surface area (Å²) < 4.78 is 11.5. The number of rotatable bonds is 3. The second-order valence-electron chi connectivity index (χ2n) is 6.45. The van der Waals surface area contributed by atoms with Gasteiger partial charge in [0.25, 0.3) is 0 Å². The van der Waals surface area contributed by atoms with E-state index in [1.165, 1.54) is 6.07 Å². The number of aryl methyl sites for hydroxylation is 1. The van der Waals surface area contributed by atoms with Gasteiger partial charge in [0.2, 0.25) is 0 Å². The minimum atomic E-state index is -0.381. The molecule has 140 valence electrons. The molecule has 0 radical (unpaired) electrons. The number of benzene rings is 2. The highest BCUT2D eigenvalue weighted by Gasteiger charge is 2.26. The molecule has 1 aliphatic rings. The smallest absolute Gasteiger partial charge is 0.336 e. The van der Waals surface area contributed by atoms with Crippen LogP contribution in [0.5, 0.6) is 5.75 Å². The molecule has 0 aliphatic carbocycles. The summed E-state index contributed by atoms with van der Waals surface area (Å²) in [6.45, 7) is 2.76. The van der Waals surface area contributed by atoms with E-state index in [4.69, 9.17) is 44.0 Å². The van der Waals surface area contributed by atoms with E-state index in [-0.39, 0.29) is 12.4 Å². The van der Waals surface area contributed by atoms with E-state index >= 15 is 0 Å². The molecule has 0 spiro atoms. The molecular formula is C20H16Cl3NO3. The van der Waals surface area contributed by atoms with Gasteiger partial charge in [0.15, 0.2) is 6.73 Å². The molecule has 0 saturated carbocycles. The Balaban J connectivity index is 1.89. The summed E-state index contributed by atoms with van der Waals surface area (Å²) in [4.78, 5) is 14.0. The third kappa shape index (κ3) is 3.38. The Morgan fingerprint density at radius 3 is 2.70 bits per heavy atom. The monoisotopic (exact) mass is 423 g/mol. The summed E-state index contributed by atoms with van der Waals surface area (Å²) in [5.74, 6) is 0.537. The first kappa shape index (κ1) is 18.5. The fraction of sp³-hybridized carbons (Fsp3) is 0.250. The number of hydrogen-bond acceptors (Lipinski definition) is 4. The molecule has 7 heteroatoms. The topological polar surface area (TPSA) is 42.7 Å². The second kappa shape index (κ2) is 7.27. The Bertz CT molecular complexity index is 1090. The van der Waals surface area contributed by atoms with Crippen LogP contribution in [0.4, 0.5) is 5.69 Å². The van der Waals surface area contributed by atoms with Crippen molar-refractivity contribution >= 4 is 51.5 Å². The lowest BCUT2D eigenvalue weighted by atomic mass is 10.0. The molecule has 0 bridgehead atoms. The van der Waals surface area contributed by atoms with Crippen LogP contribution in [0.1, 0.15) is 24.5 Å². The Kier molecular flexibility index (Phi) is 4.97. The van der Waals surface area contributed by atoms with Crippen molar-refractivity contribution in [2.75, 3.05) is 11.6 Å². The Morgan fingerprint density at radius 1 is 1.11 bits per heavy atom. The van der Waals surface area contributed by atoms with Gasteiger partial charge in [-0.15, -0.1) is 0 Å². The van der Waals surface area contributed by atoms with Crippen LogP contribution in [-0.2, 0) is 13.0 Å². The SMILES string of the molecule is CCCc1cc(=O)oc2c3c(c(Cl)cc12)OCN(c1cc(Cl)ccc1Cl)C3. The van der Waals surface area contributed by atoms with E-state index in [9.17, 15) is 4.79 Å². The normalized spacial score (nSPS) is 13.6. The molecule has 4 nitrogen and oxygen atoms in total. The van der Waals surface area contributed by atoms with Gasteiger partial charge in [0.05, 0.1) is 27.8 Å². The number of fused-ring (bicyclic) bond motifs is 3. The number of anilines is 1. The van der Waals surface area contributed by atoms with Crippen molar-refractivity contribution in [1.29, 1.82) is 0 Å². The molecule has 0 N–H and O–H groups in total. The van der Waals surface area contributed by atoms with Gasteiger partial charge >= 0.3 is 5.63 Å². The highest BCUT2D eigenvalue weighted by atomic mass is 35.5. The minimum absolute atomic E-state index is 0.261. The molecule has 4 rings (SSSR count). The molecule has 2 heterocycles. The van der Waals surface area contributed by atoms with Crippen LogP contribution in [0.25, 0.3) is 11.0 Å². The lowest BCUT2D eigenvalue weighted by molar-refractivity contribution is 0.289. The maximum absolute atomic E-state index is 12.1. The highest BCUT2D eigenvalue weighted by molar-refractivity contribution is 6.35. The first-order chi connectivity index (χ1) is 13.0. The summed E-state index contributed by atoms with van der Waals surface area (Å²) in [7, 11) is 0. The van der Waals surface area contributed by atoms with Gasteiger partial charge in [-0.3, -0.25) is 0 Å². The van der Waals surface area contributed by atoms with Crippen molar-refractivity contribution in [3.63, 3.8) is 0 Å². The second-order valence-corrected chi connectivity index (χ2v) is 7.70. The van der Waals surface area contributed by atoms with E-state index in [1.807, 2.05) is 11.0 Å². The van der Waals surface area contributed by atoms with Crippen molar-refractivity contribution in [2.45, 2.75) is 26.3 Å². The molecule has 0 atom stereocenters. The maximum Gasteiger partial charge on any atom is 0.336 e. The van der Waals surface area contributed by atoms with Gasteiger partial charge in [-0.2, -0.15) is 0 Å². The third-order valence-electron chi connectivity index (χ3n) is 4.60. The standard InChI is InChI=1S/C20H16Cl3NO3/c1-2-3-11-6-18(25)27-19-13(11)8-16(23)20-14(19)9-24(10-26-20)17-7-12(21)4-5-15(17)22/h4-8H,2-3,9-10H2,1H3. The largest absolute Gasteiger partial charge is 0.471 e. The fourth-order valence-electron chi connectivity index (χ4n) is 3.41. The predicted octanol–water partition coefficient (Wildman–Crippen LogP) is 6.06. The van der Waals surface area contributed by atoms with Crippen molar-refractivity contribution in [3.8, 4) is 5.75 Å². The van der Waals surface area contributed by atoms with Gasteiger partial charge in [-0.05, 0) is 36.2 Å². The van der Waals surface area contributed by atoms with Gasteiger partial charge in [-0.25, -0.2) is 4.79 Å². The molecular weight excluding hydrogens is 409 g/mol. The maximum atomic E-state index is 12.1. The minimum Gasteiger partial charge on any atom is -0.471 e. The van der Waals surface area contributed by atoms with Gasteiger partial charge in [0.1, 0.15) is 11.3 Å². The van der Waals surface area contributed by atoms with E-state index in [1.54, 1.807) is 18.2 Å². The van der Waals surface area contributed by atoms with Crippen LogP contribution < -0.4 is 15.3 Å². The van der Waals surface area contributed by atoms with Crippen molar-refractivity contribution in [1.82, 2.24) is 0 Å². The van der Waals surface area contributed by atoms with Crippen LogP contribution in [0.2, 0.25) is 15.1 Å². The van der Waals surface area contributed by atoms with Crippen molar-refractivity contribution < 1.29 is 9.15 Å². The zero-order valence-electron chi connectivity index (χ0n) is 14.5. The van der Waals surface area contributed by atoms with E-state index < -0.39 is 0 Å². The summed E-state index contributed by atoms with van der Waals surface area (Å²) in [6, 6.07) is 8.60. The number of nitrogens with zero attached hydrogens (tertiary/aromatic N) is 1. The van der Waals surface area contributed by atoms with E-state index in [0.717, 1.165) is 35.0 Å². The first-order valence-electron chi connectivity index (χ1n) is 8.59. The summed E-state index contributed by atoms with van der Waals surface area (Å²) >= 11 is 18.9. The third-order valence-corrected chi connectivity index (χ3v) is 5.44. The van der Waals surface area contributed by atoms with Crippen LogP contribution in [-0.4, -0.2) is 6.73 Å². The lowest BCUT2D eigenvalue weighted by Crippen LogP contribution is -2.32. The molecule has 0 fully saturated rings. The molecule has 0 saturated heterocycles. The Hall–Kier alpha value is -1.88. The first-order valence-corrected chi connectivity index (χ1v) is 9.72. The number of hydrogen-bond donors (Lipinski definition) is 0. The lowest BCUT2D eigenvalue weighted by Gasteiger charge is -2.32. The van der Waals surface area contributed by atoms with Crippen molar-refractivity contribution in [3.05, 3.63) is 66.9 Å². The number of halogens is 3. The fourth-order valence-corrected chi connectivity index (χ4v) is 4.09. The zero-order chi connectivity index (χ0) is 19.1. The van der Waals surface area contributed by atoms with E-state index in [2.05, 4.69) is 6.92 Å². The molecule has 0 unspecified atom stereocenters. The van der Waals surface area contributed by atoms with Gasteiger partial charge < -0.3 is 14.1 Å². The molecule has 1 aromatic heterocycles.